The molecule has 0 aromatic carbocycles. The molecular formula is C16H17N5O2S2. The molecule has 0 aliphatic heterocycles. The third-order valence-electron chi connectivity index (χ3n) is 3.84. The highest BCUT2D eigenvalue weighted by molar-refractivity contribution is 8.00. The maximum absolute atomic E-state index is 12.4. The van der Waals surface area contributed by atoms with E-state index in [0.29, 0.717) is 11.9 Å². The molecule has 1 fully saturated rings. The summed E-state index contributed by atoms with van der Waals surface area (Å²) in [6.45, 7) is 3.65. The lowest BCUT2D eigenvalue weighted by Crippen LogP contribution is -2.22. The quantitative estimate of drug-likeness (QED) is 0.660. The molecule has 7 nitrogen and oxygen atoms in total. The minimum atomic E-state index is -0.330. The lowest BCUT2D eigenvalue weighted by Gasteiger charge is -2.11. The first-order valence-electron chi connectivity index (χ1n) is 8.01. The zero-order valence-electron chi connectivity index (χ0n) is 13.8. The number of hydrogen-bond donors (Lipinski definition) is 1. The largest absolute Gasteiger partial charge is 0.338 e. The Bertz CT molecular complexity index is 882. The third-order valence-corrected chi connectivity index (χ3v) is 5.77. The second-order valence-electron chi connectivity index (χ2n) is 5.97. The monoisotopic (exact) mass is 375 g/mol. The van der Waals surface area contributed by atoms with Gasteiger partial charge in [-0.05, 0) is 38.1 Å². The summed E-state index contributed by atoms with van der Waals surface area (Å²) in [5, 5.41) is 17.7. The van der Waals surface area contributed by atoms with Crippen LogP contribution in [0.15, 0.2) is 33.3 Å². The van der Waals surface area contributed by atoms with Crippen molar-refractivity contribution < 1.29 is 9.32 Å². The van der Waals surface area contributed by atoms with Gasteiger partial charge in [-0.1, -0.05) is 23.0 Å². The molecule has 3 aromatic rings. The first-order valence-corrected chi connectivity index (χ1v) is 9.77. The molecule has 1 saturated carbocycles. The van der Waals surface area contributed by atoms with Crippen molar-refractivity contribution in [3.63, 3.8) is 0 Å². The van der Waals surface area contributed by atoms with Crippen LogP contribution >= 0.6 is 23.1 Å². The molecular weight excluding hydrogens is 358 g/mol. The van der Waals surface area contributed by atoms with Gasteiger partial charge in [0.2, 0.25) is 11.8 Å². The van der Waals surface area contributed by atoms with Crippen LogP contribution in [0.5, 0.6) is 0 Å². The van der Waals surface area contributed by atoms with Crippen molar-refractivity contribution in [2.45, 2.75) is 43.1 Å². The molecule has 1 aliphatic carbocycles. The smallest absolute Gasteiger partial charge is 0.240 e. The lowest BCUT2D eigenvalue weighted by molar-refractivity contribution is -0.115. The van der Waals surface area contributed by atoms with Gasteiger partial charge < -0.3 is 4.52 Å². The van der Waals surface area contributed by atoms with Crippen LogP contribution in [0.1, 0.15) is 31.5 Å². The summed E-state index contributed by atoms with van der Waals surface area (Å²) in [4.78, 5) is 13.5. The predicted molar refractivity (Wildman–Crippen MR) is 96.8 cm³/mol. The topological polar surface area (TPSA) is 85.8 Å². The Labute approximate surface area is 152 Å². The van der Waals surface area contributed by atoms with Gasteiger partial charge in [0.1, 0.15) is 0 Å². The van der Waals surface area contributed by atoms with E-state index in [2.05, 4.69) is 25.2 Å². The third kappa shape index (κ3) is 3.47. The van der Waals surface area contributed by atoms with E-state index in [1.165, 1.54) is 11.8 Å². The van der Waals surface area contributed by atoms with Gasteiger partial charge in [0, 0.05) is 12.1 Å². The van der Waals surface area contributed by atoms with E-state index in [-0.39, 0.29) is 11.2 Å². The molecule has 1 atom stereocenters. The van der Waals surface area contributed by atoms with Gasteiger partial charge in [-0.2, -0.15) is 0 Å². The van der Waals surface area contributed by atoms with E-state index in [0.717, 1.165) is 34.4 Å². The molecule has 1 amide bonds. The molecule has 25 heavy (non-hydrogen) atoms. The number of carbonyl (C=O) groups is 1. The predicted octanol–water partition coefficient (Wildman–Crippen LogP) is 3.76. The summed E-state index contributed by atoms with van der Waals surface area (Å²) in [5.74, 6) is 1.10. The molecule has 9 heteroatoms. The van der Waals surface area contributed by atoms with Crippen LogP contribution in [0.25, 0.3) is 10.7 Å². The maximum Gasteiger partial charge on any atom is 0.240 e. The highest BCUT2D eigenvalue weighted by atomic mass is 32.2. The van der Waals surface area contributed by atoms with Crippen molar-refractivity contribution in [1.82, 2.24) is 19.9 Å². The lowest BCUT2D eigenvalue weighted by atomic mass is 10.4. The number of nitrogens with zero attached hydrogens (tertiary/aromatic N) is 4. The normalized spacial score (nSPS) is 15.3. The minimum absolute atomic E-state index is 0.149. The van der Waals surface area contributed by atoms with E-state index in [1.54, 1.807) is 17.4 Å². The van der Waals surface area contributed by atoms with Crippen molar-refractivity contribution in [2.24, 2.45) is 0 Å². The number of aryl methyl sites for hydroxylation is 1. The van der Waals surface area contributed by atoms with Crippen molar-refractivity contribution in [1.29, 1.82) is 0 Å². The summed E-state index contributed by atoms with van der Waals surface area (Å²) in [5.41, 5.74) is 0.727. The summed E-state index contributed by atoms with van der Waals surface area (Å²) in [6, 6.07) is 6.18. The van der Waals surface area contributed by atoms with Gasteiger partial charge in [0.15, 0.2) is 11.0 Å². The molecule has 0 saturated heterocycles. The SMILES string of the molecule is Cc1cc(NC(=O)C(C)Sc2nnc(-c3cccs3)n2C2CC2)on1. The van der Waals surface area contributed by atoms with Crippen LogP contribution in [-0.4, -0.2) is 31.1 Å². The summed E-state index contributed by atoms with van der Waals surface area (Å²) in [6.07, 6.45) is 2.25. The van der Waals surface area contributed by atoms with Gasteiger partial charge in [-0.25, -0.2) is 0 Å². The maximum atomic E-state index is 12.4. The number of rotatable bonds is 6. The number of carbonyl (C=O) groups excluding carboxylic acids is 1. The van der Waals surface area contributed by atoms with Crippen molar-refractivity contribution in [3.8, 4) is 10.7 Å². The number of thioether (sulfide) groups is 1. The summed E-state index contributed by atoms with van der Waals surface area (Å²) in [7, 11) is 0. The zero-order chi connectivity index (χ0) is 17.4. The Balaban J connectivity index is 1.51. The van der Waals surface area contributed by atoms with Crippen LogP contribution in [0.3, 0.4) is 0 Å². The minimum Gasteiger partial charge on any atom is -0.338 e. The average molecular weight is 375 g/mol. The zero-order valence-corrected chi connectivity index (χ0v) is 15.4. The van der Waals surface area contributed by atoms with Crippen LogP contribution in [0, 0.1) is 6.92 Å². The van der Waals surface area contributed by atoms with E-state index in [4.69, 9.17) is 4.52 Å². The van der Waals surface area contributed by atoms with Gasteiger partial charge in [-0.15, -0.1) is 21.5 Å². The number of aromatic nitrogens is 4. The van der Waals surface area contributed by atoms with Crippen molar-refractivity contribution >= 4 is 34.9 Å². The summed E-state index contributed by atoms with van der Waals surface area (Å²) < 4.78 is 7.20. The number of thiophene rings is 1. The number of anilines is 1. The Morgan fingerprint density at radius 3 is 2.96 bits per heavy atom. The highest BCUT2D eigenvalue weighted by Gasteiger charge is 2.31. The second kappa shape index (κ2) is 6.64. The number of hydrogen-bond acceptors (Lipinski definition) is 7. The molecule has 130 valence electrons. The molecule has 0 radical (unpaired) electrons. The average Bonchev–Trinajstić information content (AvgIpc) is 3.00. The Hall–Kier alpha value is -2.13. The van der Waals surface area contributed by atoms with Crippen molar-refractivity contribution in [2.75, 3.05) is 5.32 Å². The highest BCUT2D eigenvalue weighted by Crippen LogP contribution is 2.42. The Morgan fingerprint density at radius 2 is 2.32 bits per heavy atom. The molecule has 1 aliphatic rings. The van der Waals surface area contributed by atoms with E-state index >= 15 is 0 Å². The molecule has 1 N–H and O–H groups in total. The second-order valence-corrected chi connectivity index (χ2v) is 8.22. The Kier molecular flexibility index (Phi) is 4.34. The van der Waals surface area contributed by atoms with E-state index in [1.807, 2.05) is 31.4 Å². The van der Waals surface area contributed by atoms with Crippen LogP contribution in [0.2, 0.25) is 0 Å². The van der Waals surface area contributed by atoms with Gasteiger partial charge in [-0.3, -0.25) is 14.7 Å². The standard InChI is InChI=1S/C16H17N5O2S2/c1-9-8-13(23-20-9)17-15(22)10(2)25-16-19-18-14(12-4-3-7-24-12)21(16)11-5-6-11/h3-4,7-8,10-11H,5-6H2,1-2H3,(H,17,22). The van der Waals surface area contributed by atoms with Crippen molar-refractivity contribution in [3.05, 3.63) is 29.3 Å². The first-order chi connectivity index (χ1) is 12.1. The molecule has 4 rings (SSSR count). The number of nitrogens with one attached hydrogen (secondary N) is 1. The van der Waals surface area contributed by atoms with Crippen LogP contribution in [0.4, 0.5) is 5.88 Å². The van der Waals surface area contributed by atoms with Crippen LogP contribution < -0.4 is 5.32 Å². The Morgan fingerprint density at radius 1 is 1.48 bits per heavy atom. The van der Waals surface area contributed by atoms with Gasteiger partial charge in [0.25, 0.3) is 0 Å². The fraction of sp³-hybridized carbons (Fsp3) is 0.375. The number of amides is 1. The fourth-order valence-corrected chi connectivity index (χ4v) is 4.07. The fourth-order valence-electron chi connectivity index (χ4n) is 2.45. The molecule has 0 spiro atoms. The van der Waals surface area contributed by atoms with Crippen LogP contribution in [-0.2, 0) is 4.79 Å². The van der Waals surface area contributed by atoms with E-state index in [9.17, 15) is 4.79 Å². The van der Waals surface area contributed by atoms with E-state index < -0.39 is 0 Å². The molecule has 3 aromatic heterocycles. The molecule has 3 heterocycles. The molecule has 1 unspecified atom stereocenters. The summed E-state index contributed by atoms with van der Waals surface area (Å²) >= 11 is 3.06. The molecule has 0 bridgehead atoms. The van der Waals surface area contributed by atoms with Gasteiger partial charge >= 0.3 is 0 Å². The van der Waals surface area contributed by atoms with Gasteiger partial charge in [0.05, 0.1) is 15.8 Å². The first kappa shape index (κ1) is 16.3.